The van der Waals surface area contributed by atoms with E-state index in [1.54, 1.807) is 6.20 Å². The Morgan fingerprint density at radius 3 is 2.62 bits per heavy atom. The molecule has 2 rings (SSSR count). The Morgan fingerprint density at radius 2 is 2.10 bits per heavy atom. The lowest BCUT2D eigenvalue weighted by molar-refractivity contribution is -0.135. The Morgan fingerprint density at radius 1 is 1.43 bits per heavy atom. The standard InChI is InChI=1S/C14H25N5O.ClH/c1-3-11(2)13(15)14(20)18-7-4-12(5-8-18)10-19-9-6-16-17-19;/h6,9,11-13H,3-5,7-8,10,15H2,1-2H3;1H/t11-,13-;/m0./s1. The largest absolute Gasteiger partial charge is 0.341 e. The van der Waals surface area contributed by atoms with Gasteiger partial charge in [-0.2, -0.15) is 0 Å². The summed E-state index contributed by atoms with van der Waals surface area (Å²) in [7, 11) is 0. The van der Waals surface area contributed by atoms with Crippen molar-refractivity contribution >= 4 is 18.3 Å². The van der Waals surface area contributed by atoms with Crippen LogP contribution in [-0.4, -0.2) is 44.9 Å². The summed E-state index contributed by atoms with van der Waals surface area (Å²) in [6, 6.07) is -0.355. The fourth-order valence-electron chi connectivity index (χ4n) is 2.64. The van der Waals surface area contributed by atoms with E-state index in [0.29, 0.717) is 5.92 Å². The number of carbonyl (C=O) groups excluding carboxylic acids is 1. The summed E-state index contributed by atoms with van der Waals surface area (Å²) < 4.78 is 1.87. The molecular formula is C14H26ClN5O. The van der Waals surface area contributed by atoms with Crippen LogP contribution in [0.2, 0.25) is 0 Å². The molecule has 0 unspecified atom stereocenters. The average Bonchev–Trinajstić information content (AvgIpc) is 2.98. The molecule has 0 radical (unpaired) electrons. The number of aromatic nitrogens is 3. The van der Waals surface area contributed by atoms with Gasteiger partial charge in [-0.15, -0.1) is 17.5 Å². The molecule has 1 aliphatic heterocycles. The van der Waals surface area contributed by atoms with Crippen molar-refractivity contribution in [1.82, 2.24) is 19.9 Å². The van der Waals surface area contributed by atoms with Gasteiger partial charge in [0, 0.05) is 25.8 Å². The zero-order valence-corrected chi connectivity index (χ0v) is 13.6. The van der Waals surface area contributed by atoms with E-state index in [2.05, 4.69) is 17.2 Å². The predicted octanol–water partition coefficient (Wildman–Crippen LogP) is 1.31. The number of rotatable bonds is 5. The first-order valence-corrected chi connectivity index (χ1v) is 7.50. The highest BCUT2D eigenvalue weighted by atomic mass is 35.5. The minimum absolute atomic E-state index is 0. The van der Waals surface area contributed by atoms with Crippen LogP contribution in [0.4, 0.5) is 0 Å². The summed E-state index contributed by atoms with van der Waals surface area (Å²) in [6.07, 6.45) is 6.55. The van der Waals surface area contributed by atoms with Gasteiger partial charge >= 0.3 is 0 Å². The number of carbonyl (C=O) groups is 1. The Balaban J connectivity index is 0.00000220. The third kappa shape index (κ3) is 4.68. The zero-order valence-electron chi connectivity index (χ0n) is 12.8. The second-order valence-electron chi connectivity index (χ2n) is 5.81. The smallest absolute Gasteiger partial charge is 0.239 e. The van der Waals surface area contributed by atoms with Crippen LogP contribution in [0.25, 0.3) is 0 Å². The first-order valence-electron chi connectivity index (χ1n) is 7.50. The molecule has 0 bridgehead atoms. The number of nitrogens with zero attached hydrogens (tertiary/aromatic N) is 4. The SMILES string of the molecule is CC[C@H](C)[C@H](N)C(=O)N1CCC(Cn2ccnn2)CC1.Cl. The number of amides is 1. The fraction of sp³-hybridized carbons (Fsp3) is 0.786. The molecule has 1 aromatic rings. The van der Waals surface area contributed by atoms with Crippen LogP contribution in [0.1, 0.15) is 33.1 Å². The summed E-state index contributed by atoms with van der Waals surface area (Å²) in [5.74, 6) is 0.925. The third-order valence-corrected chi connectivity index (χ3v) is 4.39. The van der Waals surface area contributed by atoms with Crippen LogP contribution < -0.4 is 5.73 Å². The van der Waals surface area contributed by atoms with Crippen LogP contribution >= 0.6 is 12.4 Å². The maximum absolute atomic E-state index is 12.3. The van der Waals surface area contributed by atoms with Crippen molar-refractivity contribution in [1.29, 1.82) is 0 Å². The molecule has 120 valence electrons. The van der Waals surface area contributed by atoms with E-state index in [9.17, 15) is 4.79 Å². The molecule has 1 aromatic heterocycles. The van der Waals surface area contributed by atoms with Crippen molar-refractivity contribution < 1.29 is 4.79 Å². The lowest BCUT2D eigenvalue weighted by Crippen LogP contribution is -2.49. The van der Waals surface area contributed by atoms with Gasteiger partial charge < -0.3 is 10.6 Å². The molecule has 1 amide bonds. The molecule has 0 spiro atoms. The Hall–Kier alpha value is -1.14. The molecule has 2 N–H and O–H groups in total. The van der Waals surface area contributed by atoms with Gasteiger partial charge in [0.05, 0.1) is 12.2 Å². The minimum Gasteiger partial charge on any atom is -0.341 e. The van der Waals surface area contributed by atoms with E-state index in [1.807, 2.05) is 22.7 Å². The van der Waals surface area contributed by atoms with E-state index in [-0.39, 0.29) is 30.3 Å². The van der Waals surface area contributed by atoms with Gasteiger partial charge in [-0.25, -0.2) is 0 Å². The Kier molecular flexibility index (Phi) is 7.11. The predicted molar refractivity (Wildman–Crippen MR) is 84.0 cm³/mol. The van der Waals surface area contributed by atoms with Gasteiger partial charge in [-0.3, -0.25) is 9.48 Å². The minimum atomic E-state index is -0.355. The lowest BCUT2D eigenvalue weighted by Gasteiger charge is -2.34. The molecule has 0 aliphatic carbocycles. The molecule has 1 aliphatic rings. The molecule has 2 atom stereocenters. The first-order chi connectivity index (χ1) is 9.61. The maximum atomic E-state index is 12.3. The van der Waals surface area contributed by atoms with Crippen molar-refractivity contribution in [2.45, 2.75) is 45.7 Å². The molecule has 21 heavy (non-hydrogen) atoms. The van der Waals surface area contributed by atoms with Gasteiger partial charge in [-0.1, -0.05) is 25.5 Å². The number of nitrogens with two attached hydrogens (primary N) is 1. The van der Waals surface area contributed by atoms with Crippen molar-refractivity contribution in [2.24, 2.45) is 17.6 Å². The van der Waals surface area contributed by atoms with Gasteiger partial charge in [0.25, 0.3) is 0 Å². The number of piperidine rings is 1. The molecular weight excluding hydrogens is 290 g/mol. The second-order valence-corrected chi connectivity index (χ2v) is 5.81. The van der Waals surface area contributed by atoms with Crippen molar-refractivity contribution in [3.05, 3.63) is 12.4 Å². The number of hydrogen-bond acceptors (Lipinski definition) is 4. The van der Waals surface area contributed by atoms with Crippen LogP contribution in [0, 0.1) is 11.8 Å². The molecule has 6 nitrogen and oxygen atoms in total. The summed E-state index contributed by atoms with van der Waals surface area (Å²) in [5.41, 5.74) is 6.03. The van der Waals surface area contributed by atoms with E-state index < -0.39 is 0 Å². The average molecular weight is 316 g/mol. The zero-order chi connectivity index (χ0) is 14.5. The van der Waals surface area contributed by atoms with Crippen LogP contribution in [0.5, 0.6) is 0 Å². The molecule has 1 fully saturated rings. The fourth-order valence-corrected chi connectivity index (χ4v) is 2.64. The van der Waals surface area contributed by atoms with Crippen molar-refractivity contribution in [2.75, 3.05) is 13.1 Å². The third-order valence-electron chi connectivity index (χ3n) is 4.39. The molecule has 7 heteroatoms. The van der Waals surface area contributed by atoms with Gasteiger partial charge in [-0.05, 0) is 24.7 Å². The van der Waals surface area contributed by atoms with Crippen LogP contribution in [-0.2, 0) is 11.3 Å². The van der Waals surface area contributed by atoms with Crippen LogP contribution in [0.15, 0.2) is 12.4 Å². The first kappa shape index (κ1) is 17.9. The van der Waals surface area contributed by atoms with E-state index in [4.69, 9.17) is 5.73 Å². The lowest BCUT2D eigenvalue weighted by atomic mass is 9.94. The second kappa shape index (κ2) is 8.34. The van der Waals surface area contributed by atoms with Gasteiger partial charge in [0.15, 0.2) is 0 Å². The van der Waals surface area contributed by atoms with Crippen molar-refractivity contribution in [3.63, 3.8) is 0 Å². The van der Waals surface area contributed by atoms with E-state index >= 15 is 0 Å². The van der Waals surface area contributed by atoms with E-state index in [1.165, 1.54) is 0 Å². The van der Waals surface area contributed by atoms with Gasteiger partial charge in [0.2, 0.25) is 5.91 Å². The highest BCUT2D eigenvalue weighted by molar-refractivity contribution is 5.85. The molecule has 0 aromatic carbocycles. The van der Waals surface area contributed by atoms with Crippen LogP contribution in [0.3, 0.4) is 0 Å². The van der Waals surface area contributed by atoms with E-state index in [0.717, 1.165) is 38.9 Å². The monoisotopic (exact) mass is 315 g/mol. The highest BCUT2D eigenvalue weighted by Crippen LogP contribution is 2.20. The number of hydrogen-bond donors (Lipinski definition) is 1. The summed E-state index contributed by atoms with van der Waals surface area (Å²) in [6.45, 7) is 6.62. The quantitative estimate of drug-likeness (QED) is 0.889. The summed E-state index contributed by atoms with van der Waals surface area (Å²) >= 11 is 0. The molecule has 2 heterocycles. The topological polar surface area (TPSA) is 77.0 Å². The van der Waals surface area contributed by atoms with Gasteiger partial charge in [0.1, 0.15) is 0 Å². The Labute approximate surface area is 132 Å². The highest BCUT2D eigenvalue weighted by Gasteiger charge is 2.28. The Bertz CT molecular complexity index is 417. The van der Waals surface area contributed by atoms with Crippen molar-refractivity contribution in [3.8, 4) is 0 Å². The number of halogens is 1. The maximum Gasteiger partial charge on any atom is 0.239 e. The normalized spacial score (nSPS) is 18.9. The molecule has 0 saturated carbocycles. The number of likely N-dealkylation sites (tertiary alicyclic amines) is 1. The molecule has 1 saturated heterocycles. The summed E-state index contributed by atoms with van der Waals surface area (Å²) in [4.78, 5) is 14.2. The summed E-state index contributed by atoms with van der Waals surface area (Å²) in [5, 5.41) is 7.81.